The van der Waals surface area contributed by atoms with Gasteiger partial charge in [-0.25, -0.2) is 0 Å². The van der Waals surface area contributed by atoms with Crippen LogP contribution in [-0.4, -0.2) is 44.8 Å². The van der Waals surface area contributed by atoms with E-state index in [1.165, 1.54) is 0 Å². The van der Waals surface area contributed by atoms with Crippen molar-refractivity contribution >= 4 is 11.9 Å². The van der Waals surface area contributed by atoms with Crippen LogP contribution in [0.3, 0.4) is 0 Å². The van der Waals surface area contributed by atoms with Gasteiger partial charge in [0.2, 0.25) is 0 Å². The van der Waals surface area contributed by atoms with Gasteiger partial charge in [0.05, 0.1) is 11.9 Å². The molecule has 0 saturated heterocycles. The molecular formula is C2H12O10Zn. The molecule has 0 aliphatic carbocycles. The van der Waals surface area contributed by atoms with Gasteiger partial charge < -0.3 is 52.7 Å². The van der Waals surface area contributed by atoms with Crippen molar-refractivity contribution in [2.75, 3.05) is 0 Å². The van der Waals surface area contributed by atoms with Crippen LogP contribution in [-0.2, 0) is 29.1 Å². The van der Waals surface area contributed by atoms with Gasteiger partial charge in [-0.15, -0.1) is 0 Å². The standard InChI is InChI=1S/C2H2O4.6H2O.Zn/c3-1(4)2(5)6;;;;;;;/h(H,3,4)(H,5,6);6*1H2;/q;;;;;;;+2/p-2. The summed E-state index contributed by atoms with van der Waals surface area (Å²) in [5.41, 5.74) is 0. The summed E-state index contributed by atoms with van der Waals surface area (Å²) in [7, 11) is 0. The first-order valence-corrected chi connectivity index (χ1v) is 1.07. The van der Waals surface area contributed by atoms with Gasteiger partial charge in [0.15, 0.2) is 0 Å². The first kappa shape index (κ1) is 84.5. The van der Waals surface area contributed by atoms with E-state index < -0.39 is 11.9 Å². The fourth-order valence-electron chi connectivity index (χ4n) is 0. The summed E-state index contributed by atoms with van der Waals surface area (Å²) in [6, 6.07) is 0. The van der Waals surface area contributed by atoms with Crippen LogP contribution in [0, 0.1) is 0 Å². The molecule has 0 radical (unpaired) electrons. The minimum Gasteiger partial charge on any atom is -0.543 e. The van der Waals surface area contributed by atoms with Crippen molar-refractivity contribution in [1.29, 1.82) is 0 Å². The van der Waals surface area contributed by atoms with Crippen LogP contribution in [0.2, 0.25) is 0 Å². The predicted octanol–water partition coefficient (Wildman–Crippen LogP) is -8.46. The molecule has 0 bridgehead atoms. The normalized spacial score (nSPS) is 3.38. The van der Waals surface area contributed by atoms with E-state index >= 15 is 0 Å². The molecule has 0 heterocycles. The van der Waals surface area contributed by atoms with E-state index in [1.54, 1.807) is 0 Å². The van der Waals surface area contributed by atoms with E-state index in [1.807, 2.05) is 0 Å². The third kappa shape index (κ3) is 89.1. The number of carbonyl (C=O) groups excluding carboxylic acids is 2. The van der Waals surface area contributed by atoms with Crippen LogP contribution < -0.4 is 10.2 Å². The van der Waals surface area contributed by atoms with Gasteiger partial charge in [-0.1, -0.05) is 0 Å². The molecule has 0 aromatic rings. The zero-order chi connectivity index (χ0) is 5.15. The number of carbonyl (C=O) groups is 2. The van der Waals surface area contributed by atoms with Gasteiger partial charge >= 0.3 is 19.5 Å². The van der Waals surface area contributed by atoms with Gasteiger partial charge in [-0.3, -0.25) is 0 Å². The Hall–Kier alpha value is -0.677. The van der Waals surface area contributed by atoms with E-state index in [2.05, 4.69) is 0 Å². The summed E-state index contributed by atoms with van der Waals surface area (Å²) in [6.07, 6.45) is 0. The maximum atomic E-state index is 8.93. The maximum Gasteiger partial charge on any atom is 2.00 e. The zero-order valence-electron chi connectivity index (χ0n) is 6.34. The van der Waals surface area contributed by atoms with Crippen molar-refractivity contribution in [2.24, 2.45) is 0 Å². The van der Waals surface area contributed by atoms with Crippen molar-refractivity contribution < 1.29 is 72.1 Å². The van der Waals surface area contributed by atoms with Gasteiger partial charge in [0.25, 0.3) is 0 Å². The number of hydrogen-bond donors (Lipinski definition) is 0. The molecule has 0 aliphatic rings. The average molecular weight is 261 g/mol. The molecule has 0 atom stereocenters. The number of carboxylic acids is 2. The Morgan fingerprint density at radius 1 is 0.615 bits per heavy atom. The molecule has 82 valence electrons. The van der Waals surface area contributed by atoms with Crippen molar-refractivity contribution in [2.45, 2.75) is 0 Å². The minimum atomic E-state index is -2.19. The Bertz CT molecular complexity index is 78.9. The van der Waals surface area contributed by atoms with Crippen molar-refractivity contribution in [1.82, 2.24) is 0 Å². The quantitative estimate of drug-likeness (QED) is 0.303. The first-order chi connectivity index (χ1) is 2.64. The second-order valence-electron chi connectivity index (χ2n) is 0.575. The molecule has 0 aromatic carbocycles. The summed E-state index contributed by atoms with van der Waals surface area (Å²) in [5.74, 6) is -4.37. The molecule has 0 unspecified atom stereocenters. The van der Waals surface area contributed by atoms with Crippen molar-refractivity contribution in [3.05, 3.63) is 0 Å². The van der Waals surface area contributed by atoms with Gasteiger partial charge in [-0.2, -0.15) is 0 Å². The first-order valence-electron chi connectivity index (χ1n) is 1.07. The Morgan fingerprint density at radius 2 is 0.692 bits per heavy atom. The number of carboxylic acid groups (broad SMARTS) is 2. The predicted molar refractivity (Wildman–Crippen MR) is 31.7 cm³/mol. The molecule has 0 aliphatic heterocycles. The molecule has 0 saturated carbocycles. The fraction of sp³-hybridized carbons (Fsp3) is 0. The van der Waals surface area contributed by atoms with Crippen LogP contribution in [0.25, 0.3) is 0 Å². The van der Waals surface area contributed by atoms with Gasteiger partial charge in [0, 0.05) is 0 Å². The molecule has 10 nitrogen and oxygen atoms in total. The third-order valence-electron chi connectivity index (χ3n) is 0.167. The molecule has 13 heavy (non-hydrogen) atoms. The summed E-state index contributed by atoms with van der Waals surface area (Å²) in [5, 5.41) is 17.9. The number of rotatable bonds is 0. The van der Waals surface area contributed by atoms with E-state index in [0.29, 0.717) is 0 Å². The number of aliphatic carboxylic acids is 2. The topological polar surface area (TPSA) is 269 Å². The third-order valence-corrected chi connectivity index (χ3v) is 0.167. The second kappa shape index (κ2) is 42.6. The van der Waals surface area contributed by atoms with Crippen molar-refractivity contribution in [3.63, 3.8) is 0 Å². The summed E-state index contributed by atoms with van der Waals surface area (Å²) < 4.78 is 0. The van der Waals surface area contributed by atoms with Crippen molar-refractivity contribution in [3.8, 4) is 0 Å². The SMILES string of the molecule is O.O.O.O.O.O.O=C([O-])C(=O)[O-].[Zn+2]. The Labute approximate surface area is 84.8 Å². The monoisotopic (exact) mass is 260 g/mol. The molecular weight excluding hydrogens is 249 g/mol. The van der Waals surface area contributed by atoms with Crippen LogP contribution in [0.5, 0.6) is 0 Å². The molecule has 0 aromatic heterocycles. The van der Waals surface area contributed by atoms with Crippen LogP contribution in [0.1, 0.15) is 0 Å². The Balaban J connectivity index is -0.00000000595. The molecule has 0 amide bonds. The smallest absolute Gasteiger partial charge is 0.543 e. The average Bonchev–Trinajstić information content (AvgIpc) is 1.36. The molecule has 0 fully saturated rings. The Morgan fingerprint density at radius 3 is 0.692 bits per heavy atom. The Kier molecular flexibility index (Phi) is 277. The molecule has 0 spiro atoms. The summed E-state index contributed by atoms with van der Waals surface area (Å²) in [6.45, 7) is 0. The second-order valence-corrected chi connectivity index (χ2v) is 0.575. The molecule has 12 N–H and O–H groups in total. The van der Waals surface area contributed by atoms with Crippen LogP contribution in [0.15, 0.2) is 0 Å². The van der Waals surface area contributed by atoms with E-state index in [4.69, 9.17) is 19.8 Å². The van der Waals surface area contributed by atoms with Gasteiger partial charge in [-0.05, 0) is 0 Å². The van der Waals surface area contributed by atoms with Crippen LogP contribution in [0.4, 0.5) is 0 Å². The van der Waals surface area contributed by atoms with E-state index in [9.17, 15) is 0 Å². The molecule has 0 rings (SSSR count). The van der Waals surface area contributed by atoms with E-state index in [-0.39, 0.29) is 52.3 Å². The summed E-state index contributed by atoms with van der Waals surface area (Å²) >= 11 is 0. The fourth-order valence-corrected chi connectivity index (χ4v) is 0. The zero-order valence-corrected chi connectivity index (χ0v) is 9.31. The van der Waals surface area contributed by atoms with Gasteiger partial charge in [0.1, 0.15) is 0 Å². The largest absolute Gasteiger partial charge is 2.00 e. The maximum absolute atomic E-state index is 8.93. The van der Waals surface area contributed by atoms with Crippen LogP contribution >= 0.6 is 0 Å². The van der Waals surface area contributed by atoms with E-state index in [0.717, 1.165) is 0 Å². The minimum absolute atomic E-state index is 0. The summed E-state index contributed by atoms with van der Waals surface area (Å²) in [4.78, 5) is 17.9. The number of hydrogen-bond acceptors (Lipinski definition) is 4. The molecule has 11 heteroatoms.